The number of carbonyl (C=O) groups excluding carboxylic acids is 2. The molecule has 0 N–H and O–H groups in total. The lowest BCUT2D eigenvalue weighted by Gasteiger charge is -2.61. The van der Waals surface area contributed by atoms with E-state index in [1.54, 1.807) is 13.0 Å². The van der Waals surface area contributed by atoms with Gasteiger partial charge in [-0.1, -0.05) is 18.2 Å². The van der Waals surface area contributed by atoms with Crippen LogP contribution in [0.2, 0.25) is 0 Å². The highest BCUT2D eigenvalue weighted by molar-refractivity contribution is 5.90. The number of ether oxygens (including phenoxy) is 2. The lowest BCUT2D eigenvalue weighted by Crippen LogP contribution is -2.57. The van der Waals surface area contributed by atoms with Crippen molar-refractivity contribution in [1.29, 1.82) is 0 Å². The third kappa shape index (κ3) is 3.37. The van der Waals surface area contributed by atoms with Gasteiger partial charge in [0.05, 0.1) is 12.5 Å². The molecule has 0 saturated heterocycles. The highest BCUT2D eigenvalue weighted by Gasteiger charge is 2.61. The Morgan fingerprint density at radius 3 is 2.41 bits per heavy atom. The fourth-order valence-electron chi connectivity index (χ4n) is 7.13. The molecule has 2 atom stereocenters. The molecule has 1 aromatic heterocycles. The minimum Gasteiger partial charge on any atom is -0.465 e. The minimum absolute atomic E-state index is 0.0460. The maximum Gasteiger partial charge on any atom is 0.341 e. The maximum absolute atomic E-state index is 13.5. The average molecular weight is 437 g/mol. The Bertz CT molecular complexity index is 1060. The summed E-state index contributed by atoms with van der Waals surface area (Å²) in [5.41, 5.74) is 4.09. The van der Waals surface area contributed by atoms with Gasteiger partial charge in [-0.15, -0.1) is 0 Å². The SMILES string of the molecule is COC(=O)c1cc(COC(=O)C23CC4CC(C2)CC(c2ccc(C)c(C)c2)(C4)C3)oc1C. The summed E-state index contributed by atoms with van der Waals surface area (Å²) >= 11 is 0. The van der Waals surface area contributed by atoms with Gasteiger partial charge in [0.15, 0.2) is 0 Å². The van der Waals surface area contributed by atoms with Crippen LogP contribution in [0.25, 0.3) is 0 Å². The number of furan rings is 1. The molecule has 4 aliphatic rings. The molecule has 0 spiro atoms. The van der Waals surface area contributed by atoms with E-state index in [-0.39, 0.29) is 18.0 Å². The number of benzene rings is 1. The Hall–Kier alpha value is -2.56. The monoisotopic (exact) mass is 436 g/mol. The smallest absolute Gasteiger partial charge is 0.341 e. The van der Waals surface area contributed by atoms with Crippen molar-refractivity contribution in [3.8, 4) is 0 Å². The van der Waals surface area contributed by atoms with Gasteiger partial charge in [-0.3, -0.25) is 4.79 Å². The third-order valence-electron chi connectivity index (χ3n) is 8.33. The first-order valence-electron chi connectivity index (χ1n) is 11.7. The van der Waals surface area contributed by atoms with Crippen molar-refractivity contribution in [2.45, 2.75) is 71.3 Å². The molecule has 4 bridgehead atoms. The number of methoxy groups -OCH3 is 1. The second kappa shape index (κ2) is 7.50. The quantitative estimate of drug-likeness (QED) is 0.573. The van der Waals surface area contributed by atoms with Crippen LogP contribution in [0.4, 0.5) is 0 Å². The summed E-state index contributed by atoms with van der Waals surface area (Å²) in [6.45, 7) is 6.09. The van der Waals surface area contributed by atoms with Crippen molar-refractivity contribution < 1.29 is 23.5 Å². The summed E-state index contributed by atoms with van der Waals surface area (Å²) in [4.78, 5) is 25.3. The zero-order valence-corrected chi connectivity index (χ0v) is 19.5. The number of esters is 2. The molecule has 1 aromatic carbocycles. The zero-order valence-electron chi connectivity index (χ0n) is 19.5. The van der Waals surface area contributed by atoms with Crippen LogP contribution in [-0.4, -0.2) is 19.0 Å². The van der Waals surface area contributed by atoms with Crippen LogP contribution in [0, 0.1) is 38.0 Å². The first kappa shape index (κ1) is 21.3. The maximum atomic E-state index is 13.5. The van der Waals surface area contributed by atoms with Crippen LogP contribution in [0.15, 0.2) is 28.7 Å². The number of hydrogen-bond donors (Lipinski definition) is 0. The number of hydrogen-bond acceptors (Lipinski definition) is 5. The topological polar surface area (TPSA) is 65.7 Å². The molecule has 1 heterocycles. The van der Waals surface area contributed by atoms with E-state index in [1.165, 1.54) is 43.1 Å². The van der Waals surface area contributed by atoms with Crippen LogP contribution in [0.5, 0.6) is 0 Å². The minimum atomic E-state index is -0.444. The molecule has 4 fully saturated rings. The second-order valence-corrected chi connectivity index (χ2v) is 10.6. The van der Waals surface area contributed by atoms with E-state index in [0.717, 1.165) is 19.3 Å². The molecule has 2 aromatic rings. The lowest BCUT2D eigenvalue weighted by atomic mass is 9.43. The first-order valence-corrected chi connectivity index (χ1v) is 11.7. The molecule has 32 heavy (non-hydrogen) atoms. The van der Waals surface area contributed by atoms with Crippen LogP contribution in [0.1, 0.15) is 77.1 Å². The van der Waals surface area contributed by atoms with Gasteiger partial charge < -0.3 is 13.9 Å². The molecule has 6 rings (SSSR count). The van der Waals surface area contributed by atoms with Crippen LogP contribution < -0.4 is 0 Å². The van der Waals surface area contributed by atoms with E-state index >= 15 is 0 Å². The summed E-state index contributed by atoms with van der Waals surface area (Å²) < 4.78 is 16.3. The number of aryl methyl sites for hydroxylation is 3. The van der Waals surface area contributed by atoms with Gasteiger partial charge in [-0.2, -0.15) is 0 Å². The zero-order chi connectivity index (χ0) is 22.7. The summed E-state index contributed by atoms with van der Waals surface area (Å²) in [5, 5.41) is 0. The van der Waals surface area contributed by atoms with Gasteiger partial charge in [0.25, 0.3) is 0 Å². The van der Waals surface area contributed by atoms with Gasteiger partial charge in [-0.25, -0.2) is 4.79 Å². The molecule has 0 amide bonds. The van der Waals surface area contributed by atoms with E-state index < -0.39 is 11.4 Å². The Balaban J connectivity index is 1.37. The van der Waals surface area contributed by atoms with E-state index in [2.05, 4.69) is 32.0 Å². The van der Waals surface area contributed by atoms with Crippen LogP contribution >= 0.6 is 0 Å². The van der Waals surface area contributed by atoms with Crippen molar-refractivity contribution in [2.24, 2.45) is 17.3 Å². The third-order valence-corrected chi connectivity index (χ3v) is 8.33. The molecular formula is C27H32O5. The molecule has 5 heteroatoms. The molecule has 2 unspecified atom stereocenters. The molecule has 0 radical (unpaired) electrons. The molecule has 5 nitrogen and oxygen atoms in total. The Morgan fingerprint density at radius 1 is 1.03 bits per heavy atom. The van der Waals surface area contributed by atoms with E-state index in [9.17, 15) is 9.59 Å². The van der Waals surface area contributed by atoms with Gasteiger partial charge >= 0.3 is 11.9 Å². The fraction of sp³-hybridized carbons (Fsp3) is 0.556. The molecule has 170 valence electrons. The predicted octanol–water partition coefficient (Wildman–Crippen LogP) is 5.57. The summed E-state index contributed by atoms with van der Waals surface area (Å²) in [7, 11) is 1.34. The van der Waals surface area contributed by atoms with Gasteiger partial charge in [0.1, 0.15) is 23.7 Å². The first-order chi connectivity index (χ1) is 15.2. The second-order valence-electron chi connectivity index (χ2n) is 10.6. The highest BCUT2D eigenvalue weighted by Crippen LogP contribution is 2.66. The van der Waals surface area contributed by atoms with Crippen LogP contribution in [0.3, 0.4) is 0 Å². The standard InChI is InChI=1S/C27H32O5/c1-16-5-6-21(7-17(16)2)26-10-19-8-20(11-26)13-27(12-19,15-26)25(29)31-14-22-9-23(18(3)32-22)24(28)30-4/h5-7,9,19-20H,8,10-15H2,1-4H3. The van der Waals surface area contributed by atoms with Gasteiger partial charge in [0.2, 0.25) is 0 Å². The number of carbonyl (C=O) groups is 2. The Morgan fingerprint density at radius 2 is 1.75 bits per heavy atom. The lowest BCUT2D eigenvalue weighted by molar-refractivity contribution is -0.176. The van der Waals surface area contributed by atoms with Crippen molar-refractivity contribution in [3.63, 3.8) is 0 Å². The van der Waals surface area contributed by atoms with Crippen molar-refractivity contribution in [1.82, 2.24) is 0 Å². The Labute approximate surface area is 189 Å². The fourth-order valence-corrected chi connectivity index (χ4v) is 7.13. The van der Waals surface area contributed by atoms with Crippen molar-refractivity contribution in [2.75, 3.05) is 7.11 Å². The van der Waals surface area contributed by atoms with Crippen molar-refractivity contribution >= 4 is 11.9 Å². The molecule has 0 aliphatic heterocycles. The average Bonchev–Trinajstić information content (AvgIpc) is 3.13. The summed E-state index contributed by atoms with van der Waals surface area (Å²) in [5.74, 6) is 1.58. The van der Waals surface area contributed by atoms with E-state index in [4.69, 9.17) is 13.9 Å². The highest BCUT2D eigenvalue weighted by atomic mass is 16.5. The largest absolute Gasteiger partial charge is 0.465 e. The van der Waals surface area contributed by atoms with Gasteiger partial charge in [0, 0.05) is 0 Å². The molecule has 4 aliphatic carbocycles. The van der Waals surface area contributed by atoms with E-state index in [0.29, 0.717) is 28.9 Å². The van der Waals surface area contributed by atoms with Crippen LogP contribution in [-0.2, 0) is 26.3 Å². The Kier molecular flexibility index (Phi) is 4.99. The van der Waals surface area contributed by atoms with E-state index in [1.807, 2.05) is 0 Å². The van der Waals surface area contributed by atoms with Gasteiger partial charge in [-0.05, 0) is 99.3 Å². The van der Waals surface area contributed by atoms with Crippen molar-refractivity contribution in [3.05, 3.63) is 58.0 Å². The molecular weight excluding hydrogens is 404 g/mol. The normalized spacial score (nSPS) is 30.4. The number of rotatable bonds is 5. The predicted molar refractivity (Wildman–Crippen MR) is 119 cm³/mol. The molecule has 4 saturated carbocycles. The summed E-state index contributed by atoms with van der Waals surface area (Å²) in [6.07, 6.45) is 6.33. The summed E-state index contributed by atoms with van der Waals surface area (Å²) in [6, 6.07) is 8.48.